The van der Waals surface area contributed by atoms with Gasteiger partial charge in [0.1, 0.15) is 12.4 Å². The van der Waals surface area contributed by atoms with E-state index in [4.69, 9.17) is 9.84 Å². The van der Waals surface area contributed by atoms with E-state index in [0.29, 0.717) is 5.56 Å². The molecule has 5 heteroatoms. The molecule has 0 aromatic heterocycles. The fourth-order valence-electron chi connectivity index (χ4n) is 1.53. The first-order valence-electron chi connectivity index (χ1n) is 5.46. The van der Waals surface area contributed by atoms with Crippen molar-refractivity contribution in [3.8, 4) is 5.75 Å². The maximum absolute atomic E-state index is 12.9. The summed E-state index contributed by atoms with van der Waals surface area (Å²) in [5, 5.41) is 8.83. The Bertz CT molecular complexity index is 611. The van der Waals surface area contributed by atoms with Crippen molar-refractivity contribution in [1.82, 2.24) is 0 Å². The van der Waals surface area contributed by atoms with E-state index in [9.17, 15) is 13.6 Å². The van der Waals surface area contributed by atoms with Gasteiger partial charge in [0, 0.05) is 6.07 Å². The summed E-state index contributed by atoms with van der Waals surface area (Å²) in [5.41, 5.74) is 0.774. The van der Waals surface area contributed by atoms with Crippen LogP contribution in [0, 0.1) is 11.6 Å². The molecule has 98 valence electrons. The molecule has 0 bridgehead atoms. The van der Waals surface area contributed by atoms with Gasteiger partial charge >= 0.3 is 5.97 Å². The lowest BCUT2D eigenvalue weighted by molar-refractivity contribution is 0.0696. The molecule has 2 aromatic rings. The third kappa shape index (κ3) is 3.28. The molecule has 19 heavy (non-hydrogen) atoms. The van der Waals surface area contributed by atoms with Crippen LogP contribution >= 0.6 is 0 Å². The maximum atomic E-state index is 12.9. The molecule has 0 aliphatic heterocycles. The summed E-state index contributed by atoms with van der Waals surface area (Å²) in [7, 11) is 0. The van der Waals surface area contributed by atoms with E-state index in [-0.39, 0.29) is 17.9 Å². The first-order valence-corrected chi connectivity index (χ1v) is 5.46. The smallest absolute Gasteiger partial charge is 0.335 e. The third-order valence-electron chi connectivity index (χ3n) is 2.47. The van der Waals surface area contributed by atoms with Crippen LogP contribution in [0.3, 0.4) is 0 Å². The number of ether oxygens (including phenoxy) is 1. The van der Waals surface area contributed by atoms with E-state index in [2.05, 4.69) is 0 Å². The van der Waals surface area contributed by atoms with Crippen LogP contribution < -0.4 is 4.74 Å². The first-order chi connectivity index (χ1) is 9.06. The van der Waals surface area contributed by atoms with Gasteiger partial charge in [-0.2, -0.15) is 0 Å². The number of rotatable bonds is 4. The number of carboxylic acid groups (broad SMARTS) is 1. The van der Waals surface area contributed by atoms with E-state index >= 15 is 0 Å². The summed E-state index contributed by atoms with van der Waals surface area (Å²) in [6.45, 7) is 0.0756. The van der Waals surface area contributed by atoms with Crippen molar-refractivity contribution >= 4 is 5.97 Å². The molecule has 3 nitrogen and oxygen atoms in total. The van der Waals surface area contributed by atoms with Gasteiger partial charge < -0.3 is 9.84 Å². The van der Waals surface area contributed by atoms with Crippen LogP contribution in [0.1, 0.15) is 15.9 Å². The second-order valence-electron chi connectivity index (χ2n) is 3.87. The molecule has 0 aliphatic rings. The molecule has 2 aromatic carbocycles. The average molecular weight is 264 g/mol. The van der Waals surface area contributed by atoms with Crippen molar-refractivity contribution < 1.29 is 23.4 Å². The second-order valence-corrected chi connectivity index (χ2v) is 3.87. The predicted molar refractivity (Wildman–Crippen MR) is 64.1 cm³/mol. The van der Waals surface area contributed by atoms with Crippen LogP contribution in [0.4, 0.5) is 8.78 Å². The van der Waals surface area contributed by atoms with Crippen molar-refractivity contribution in [3.05, 3.63) is 65.2 Å². The summed E-state index contributed by atoms with van der Waals surface area (Å²) in [6.07, 6.45) is 0. The number of hydrogen-bond acceptors (Lipinski definition) is 2. The van der Waals surface area contributed by atoms with Crippen LogP contribution in [0.5, 0.6) is 5.75 Å². The quantitative estimate of drug-likeness (QED) is 0.922. The Labute approximate surface area is 108 Å². The van der Waals surface area contributed by atoms with Crippen molar-refractivity contribution in [2.75, 3.05) is 0 Å². The molecule has 1 N–H and O–H groups in total. The Kier molecular flexibility index (Phi) is 3.75. The minimum atomic E-state index is -1.03. The van der Waals surface area contributed by atoms with Crippen LogP contribution in [0.25, 0.3) is 0 Å². The Morgan fingerprint density at radius 3 is 2.58 bits per heavy atom. The fraction of sp³-hybridized carbons (Fsp3) is 0.0714. The highest BCUT2D eigenvalue weighted by Crippen LogP contribution is 2.17. The predicted octanol–water partition coefficient (Wildman–Crippen LogP) is 3.24. The Hall–Kier alpha value is -2.43. The molecule has 0 fully saturated rings. The van der Waals surface area contributed by atoms with Gasteiger partial charge in [0.25, 0.3) is 0 Å². The first kappa shape index (κ1) is 13.0. The zero-order valence-corrected chi connectivity index (χ0v) is 9.77. The van der Waals surface area contributed by atoms with E-state index in [0.717, 1.165) is 12.1 Å². The van der Waals surface area contributed by atoms with E-state index in [1.807, 2.05) is 0 Å². The summed E-state index contributed by atoms with van der Waals surface area (Å²) in [4.78, 5) is 10.8. The zero-order valence-electron chi connectivity index (χ0n) is 9.77. The molecular weight excluding hydrogens is 254 g/mol. The number of carbonyl (C=O) groups is 1. The molecule has 0 saturated carbocycles. The summed E-state index contributed by atoms with van der Waals surface area (Å²) < 4.78 is 30.9. The SMILES string of the molecule is O=C(O)c1cccc(COc2ccc(F)c(F)c2)c1. The highest BCUT2D eigenvalue weighted by molar-refractivity contribution is 5.87. The number of aromatic carboxylic acids is 1. The molecule has 0 unspecified atom stereocenters. The highest BCUT2D eigenvalue weighted by atomic mass is 19.2. The molecule has 0 saturated heterocycles. The summed E-state index contributed by atoms with van der Waals surface area (Å²) >= 11 is 0. The standard InChI is InChI=1S/C14H10F2O3/c15-12-5-4-11(7-13(12)16)19-8-9-2-1-3-10(6-9)14(17)18/h1-7H,8H2,(H,17,18). The Morgan fingerprint density at radius 1 is 1.11 bits per heavy atom. The van der Waals surface area contributed by atoms with Crippen LogP contribution in [-0.4, -0.2) is 11.1 Å². The van der Waals surface area contributed by atoms with Crippen LogP contribution in [-0.2, 0) is 6.61 Å². The van der Waals surface area contributed by atoms with Crippen molar-refractivity contribution in [1.29, 1.82) is 0 Å². The van der Waals surface area contributed by atoms with E-state index in [1.165, 1.54) is 18.2 Å². The zero-order chi connectivity index (χ0) is 13.8. The van der Waals surface area contributed by atoms with Crippen LogP contribution in [0.2, 0.25) is 0 Å². The van der Waals surface area contributed by atoms with Crippen molar-refractivity contribution in [2.24, 2.45) is 0 Å². The van der Waals surface area contributed by atoms with Gasteiger partial charge in [-0.25, -0.2) is 13.6 Å². The topological polar surface area (TPSA) is 46.5 Å². The van der Waals surface area contributed by atoms with Gasteiger partial charge in [-0.15, -0.1) is 0 Å². The molecule has 0 spiro atoms. The van der Waals surface area contributed by atoms with Crippen LogP contribution in [0.15, 0.2) is 42.5 Å². The van der Waals surface area contributed by atoms with Crippen molar-refractivity contribution in [2.45, 2.75) is 6.61 Å². The molecule has 0 heterocycles. The largest absolute Gasteiger partial charge is 0.489 e. The van der Waals surface area contributed by atoms with Gasteiger partial charge in [-0.1, -0.05) is 12.1 Å². The average Bonchev–Trinajstić information content (AvgIpc) is 2.40. The number of carboxylic acids is 1. The second kappa shape index (κ2) is 5.48. The fourth-order valence-corrected chi connectivity index (χ4v) is 1.53. The lowest BCUT2D eigenvalue weighted by atomic mass is 10.1. The monoisotopic (exact) mass is 264 g/mol. The third-order valence-corrected chi connectivity index (χ3v) is 2.47. The molecule has 0 aliphatic carbocycles. The highest BCUT2D eigenvalue weighted by Gasteiger charge is 2.05. The molecule has 0 amide bonds. The maximum Gasteiger partial charge on any atom is 0.335 e. The summed E-state index contributed by atoms with van der Waals surface area (Å²) in [5.74, 6) is -2.79. The van der Waals surface area contributed by atoms with Gasteiger partial charge in [0.05, 0.1) is 5.56 Å². The minimum absolute atomic E-state index is 0.0756. The number of hydrogen-bond donors (Lipinski definition) is 1. The number of benzene rings is 2. The van der Waals surface area contributed by atoms with Gasteiger partial charge in [0.2, 0.25) is 0 Å². The lowest BCUT2D eigenvalue weighted by Gasteiger charge is -2.07. The Balaban J connectivity index is 2.07. The van der Waals surface area contributed by atoms with E-state index in [1.54, 1.807) is 12.1 Å². The lowest BCUT2D eigenvalue weighted by Crippen LogP contribution is -2.00. The molecule has 0 radical (unpaired) electrons. The van der Waals surface area contributed by atoms with Gasteiger partial charge in [-0.05, 0) is 29.8 Å². The Morgan fingerprint density at radius 2 is 1.89 bits per heavy atom. The normalized spacial score (nSPS) is 10.2. The molecular formula is C14H10F2O3. The molecule has 0 atom stereocenters. The van der Waals surface area contributed by atoms with Crippen molar-refractivity contribution in [3.63, 3.8) is 0 Å². The van der Waals surface area contributed by atoms with Gasteiger partial charge in [0.15, 0.2) is 11.6 Å². The summed E-state index contributed by atoms with van der Waals surface area (Å²) in [6, 6.07) is 9.42. The minimum Gasteiger partial charge on any atom is -0.489 e. The number of halogens is 2. The van der Waals surface area contributed by atoms with E-state index < -0.39 is 17.6 Å². The molecule has 2 rings (SSSR count). The van der Waals surface area contributed by atoms with Gasteiger partial charge in [-0.3, -0.25) is 0 Å².